The summed E-state index contributed by atoms with van der Waals surface area (Å²) >= 11 is 0. The fourth-order valence-electron chi connectivity index (χ4n) is 10.8. The zero-order valence-electron chi connectivity index (χ0n) is 35.5. The zero-order valence-corrected chi connectivity index (χ0v) is 35.5. The van der Waals surface area contributed by atoms with E-state index in [0.29, 0.717) is 0 Å². The second-order valence-corrected chi connectivity index (χ2v) is 17.2. The van der Waals surface area contributed by atoms with E-state index in [4.69, 9.17) is 4.74 Å². The topological polar surface area (TPSA) is 12.5 Å². The Morgan fingerprint density at radius 3 is 1.38 bits per heavy atom. The molecule has 0 saturated heterocycles. The van der Waals surface area contributed by atoms with Crippen molar-refractivity contribution >= 4 is 29.2 Å². The van der Waals surface area contributed by atoms with Crippen LogP contribution in [0.5, 0.6) is 11.5 Å². The van der Waals surface area contributed by atoms with Gasteiger partial charge in [-0.2, -0.15) is 0 Å². The highest BCUT2D eigenvalue weighted by Crippen LogP contribution is 2.59. The van der Waals surface area contributed by atoms with Crippen LogP contribution >= 0.6 is 0 Å². The molecule has 0 radical (unpaired) electrons. The molecule has 1 heterocycles. The van der Waals surface area contributed by atoms with Crippen LogP contribution in [0.4, 0.5) is 17.1 Å². The molecule has 65 heavy (non-hydrogen) atoms. The van der Waals surface area contributed by atoms with Gasteiger partial charge < -0.3 is 9.64 Å². The van der Waals surface area contributed by atoms with Crippen molar-refractivity contribution in [3.63, 3.8) is 0 Å². The molecule has 0 aromatic heterocycles. The third-order valence-corrected chi connectivity index (χ3v) is 13.7. The maximum absolute atomic E-state index is 6.57. The number of anilines is 3. The van der Waals surface area contributed by atoms with Gasteiger partial charge in [0.05, 0.1) is 5.41 Å². The first kappa shape index (κ1) is 37.1. The van der Waals surface area contributed by atoms with Gasteiger partial charge in [-0.25, -0.2) is 0 Å². The molecule has 2 aliphatic carbocycles. The largest absolute Gasteiger partial charge is 0.456 e. The fourth-order valence-corrected chi connectivity index (χ4v) is 10.8. The van der Waals surface area contributed by atoms with Gasteiger partial charge in [-0.1, -0.05) is 194 Å². The van der Waals surface area contributed by atoms with Crippen LogP contribution in [-0.2, 0) is 5.41 Å². The van der Waals surface area contributed by atoms with E-state index >= 15 is 0 Å². The van der Waals surface area contributed by atoms with E-state index in [9.17, 15) is 0 Å². The molecule has 0 atom stereocenters. The van der Waals surface area contributed by atoms with Crippen LogP contribution in [0.1, 0.15) is 33.4 Å². The molecule has 10 aromatic carbocycles. The predicted octanol–water partition coefficient (Wildman–Crippen LogP) is 16.8. The summed E-state index contributed by atoms with van der Waals surface area (Å²) < 4.78 is 6.57. The van der Waals surface area contributed by atoms with Crippen LogP contribution in [0.25, 0.3) is 67.8 Å². The van der Waals surface area contributed by atoms with Crippen molar-refractivity contribution in [1.29, 1.82) is 0 Å². The average Bonchev–Trinajstić information content (AvgIpc) is 3.47. The van der Waals surface area contributed by atoms with Crippen LogP contribution in [-0.4, -0.2) is 0 Å². The van der Waals surface area contributed by atoms with Gasteiger partial charge >= 0.3 is 0 Å². The smallest absolute Gasteiger partial charge is 0.135 e. The predicted molar refractivity (Wildman–Crippen MR) is 269 cm³/mol. The summed E-state index contributed by atoms with van der Waals surface area (Å²) in [7, 11) is 0. The van der Waals surface area contributed by atoms with Crippen molar-refractivity contribution in [3.05, 3.63) is 270 Å². The fraction of sp³-hybridized carbons (Fsp3) is 0.0159. The summed E-state index contributed by atoms with van der Waals surface area (Å²) in [6.45, 7) is 0. The number of fused-ring (bicyclic) bond motifs is 14. The Labute approximate surface area is 379 Å². The Bertz CT molecular complexity index is 3460. The molecule has 2 heteroatoms. The summed E-state index contributed by atoms with van der Waals surface area (Å²) in [5.41, 5.74) is 22.3. The molecule has 0 bridgehead atoms. The highest BCUT2D eigenvalue weighted by Gasteiger charge is 2.48. The minimum Gasteiger partial charge on any atom is -0.456 e. The van der Waals surface area contributed by atoms with Gasteiger partial charge in [-0.3, -0.25) is 0 Å². The van der Waals surface area contributed by atoms with E-state index in [2.05, 4.69) is 242 Å². The van der Waals surface area contributed by atoms with Gasteiger partial charge in [0.25, 0.3) is 0 Å². The second-order valence-electron chi connectivity index (χ2n) is 17.2. The Morgan fingerprint density at radius 1 is 0.277 bits per heavy atom. The van der Waals surface area contributed by atoms with E-state index in [-0.39, 0.29) is 0 Å². The normalized spacial score (nSPS) is 13.1. The molecule has 0 fully saturated rings. The van der Waals surface area contributed by atoms with Crippen molar-refractivity contribution < 1.29 is 4.74 Å². The number of rotatable bonds is 5. The van der Waals surface area contributed by atoms with Gasteiger partial charge in [-0.15, -0.1) is 0 Å². The van der Waals surface area contributed by atoms with Crippen molar-refractivity contribution in [3.8, 4) is 67.1 Å². The second kappa shape index (κ2) is 14.8. The van der Waals surface area contributed by atoms with E-state index < -0.39 is 5.41 Å². The highest BCUT2D eigenvalue weighted by molar-refractivity contribution is 5.95. The van der Waals surface area contributed by atoms with Gasteiger partial charge in [0, 0.05) is 28.2 Å². The number of hydrogen-bond acceptors (Lipinski definition) is 2. The minimum atomic E-state index is -0.440. The monoisotopic (exact) mass is 827 g/mol. The summed E-state index contributed by atoms with van der Waals surface area (Å²) in [6, 6.07) is 86.2. The molecule has 0 amide bonds. The molecule has 0 N–H and O–H groups in total. The Hall–Kier alpha value is -8.46. The molecule has 304 valence electrons. The molecule has 2 nitrogen and oxygen atoms in total. The van der Waals surface area contributed by atoms with E-state index in [1.807, 2.05) is 12.1 Å². The van der Waals surface area contributed by atoms with Crippen molar-refractivity contribution in [2.75, 3.05) is 4.90 Å². The van der Waals surface area contributed by atoms with Gasteiger partial charge in [0.15, 0.2) is 0 Å². The third kappa shape index (κ3) is 5.81. The number of benzene rings is 10. The lowest BCUT2D eigenvalue weighted by Gasteiger charge is -2.35. The lowest BCUT2D eigenvalue weighted by molar-refractivity contribution is 0.488. The first-order valence-electron chi connectivity index (χ1n) is 22.4. The quantitative estimate of drug-likeness (QED) is 0.171. The standard InChI is InChI=1S/C63H41NO/c1-2-14-42(15-3-1)43-28-33-48(34-29-43)64(50-37-38-51-53-19-7-12-24-61(53)65-62-25-13-8-20-54(62)55(51)41-50)49-35-30-44(31-36-49)47-32-39-60-56(40-47)52-18-6-11-23-59(52)63(60)57-21-9-4-16-45(57)26-27-46-17-5-10-22-58(46)63/h1-41H. The van der Waals surface area contributed by atoms with Crippen LogP contribution in [0.2, 0.25) is 0 Å². The molecule has 1 spiro atoms. The van der Waals surface area contributed by atoms with E-state index in [1.165, 1.54) is 66.8 Å². The average molecular weight is 828 g/mol. The SMILES string of the molecule is C1=Cc2ccccc2C2(c3ccccc31)c1ccccc1-c1cc(-c3ccc(N(c4ccc(-c5ccccc5)cc4)c4ccc5c(c4)-c4ccccc4Oc4ccccc4-5)cc3)ccc12. The van der Waals surface area contributed by atoms with Gasteiger partial charge in [0.1, 0.15) is 11.5 Å². The third-order valence-electron chi connectivity index (χ3n) is 13.7. The molecule has 0 saturated carbocycles. The van der Waals surface area contributed by atoms with Crippen molar-refractivity contribution in [2.45, 2.75) is 5.41 Å². The lowest BCUT2D eigenvalue weighted by Crippen LogP contribution is -2.29. The first-order valence-corrected chi connectivity index (χ1v) is 22.4. The summed E-state index contributed by atoms with van der Waals surface area (Å²) in [4.78, 5) is 2.37. The summed E-state index contributed by atoms with van der Waals surface area (Å²) in [5.74, 6) is 1.72. The zero-order chi connectivity index (χ0) is 42.9. The molecule has 0 unspecified atom stereocenters. The first-order chi connectivity index (χ1) is 32.2. The molecule has 13 rings (SSSR count). The van der Waals surface area contributed by atoms with Crippen LogP contribution in [0.15, 0.2) is 237 Å². The molecule has 3 aliphatic rings. The van der Waals surface area contributed by atoms with Crippen LogP contribution in [0.3, 0.4) is 0 Å². The molecular weight excluding hydrogens is 787 g/mol. The minimum absolute atomic E-state index is 0.440. The Kier molecular flexibility index (Phi) is 8.47. The van der Waals surface area contributed by atoms with Crippen molar-refractivity contribution in [2.24, 2.45) is 0 Å². The number of nitrogens with zero attached hydrogens (tertiary/aromatic N) is 1. The van der Waals surface area contributed by atoms with Gasteiger partial charge in [-0.05, 0) is 132 Å². The maximum Gasteiger partial charge on any atom is 0.135 e. The van der Waals surface area contributed by atoms with E-state index in [0.717, 1.165) is 50.8 Å². The lowest BCUT2D eigenvalue weighted by atomic mass is 9.66. The molecule has 10 aromatic rings. The number of ether oxygens (including phenoxy) is 1. The van der Waals surface area contributed by atoms with Crippen LogP contribution in [0, 0.1) is 0 Å². The molecular formula is C63H41NO. The maximum atomic E-state index is 6.57. The summed E-state index contributed by atoms with van der Waals surface area (Å²) in [5, 5.41) is 0. The van der Waals surface area contributed by atoms with Gasteiger partial charge in [0.2, 0.25) is 0 Å². The number of hydrogen-bond donors (Lipinski definition) is 0. The molecule has 1 aliphatic heterocycles. The Morgan fingerprint density at radius 2 is 0.738 bits per heavy atom. The highest BCUT2D eigenvalue weighted by atomic mass is 16.5. The number of para-hydroxylation sites is 2. The van der Waals surface area contributed by atoms with Crippen molar-refractivity contribution in [1.82, 2.24) is 0 Å². The Balaban J connectivity index is 0.942. The summed E-state index contributed by atoms with van der Waals surface area (Å²) in [6.07, 6.45) is 4.58. The van der Waals surface area contributed by atoms with E-state index in [1.54, 1.807) is 0 Å². The van der Waals surface area contributed by atoms with Crippen LogP contribution < -0.4 is 9.64 Å².